The Labute approximate surface area is 191 Å². The van der Waals surface area contributed by atoms with Crippen LogP contribution in [0.25, 0.3) is 0 Å². The van der Waals surface area contributed by atoms with E-state index in [2.05, 4.69) is 62.5 Å². The van der Waals surface area contributed by atoms with Crippen LogP contribution in [0.15, 0.2) is 33.8 Å². The fourth-order valence-corrected chi connectivity index (χ4v) is 3.07. The molecule has 0 atom stereocenters. The molecule has 0 bridgehead atoms. The molecule has 1 heterocycles. The van der Waals surface area contributed by atoms with Gasteiger partial charge in [0.1, 0.15) is 11.5 Å². The Morgan fingerprint density at radius 1 is 1.10 bits per heavy atom. The van der Waals surface area contributed by atoms with Gasteiger partial charge in [-0.05, 0) is 31.0 Å². The van der Waals surface area contributed by atoms with Crippen LogP contribution in [-0.4, -0.2) is 31.3 Å². The zero-order chi connectivity index (χ0) is 20.6. The van der Waals surface area contributed by atoms with Crippen LogP contribution in [-0.2, 0) is 24.8 Å². The van der Waals surface area contributed by atoms with Crippen LogP contribution in [0.2, 0.25) is 0 Å². The van der Waals surface area contributed by atoms with Crippen LogP contribution in [0.1, 0.15) is 57.2 Å². The second kappa shape index (κ2) is 12.0. The topological polar surface area (TPSA) is 71.7 Å². The van der Waals surface area contributed by atoms with E-state index in [9.17, 15) is 0 Å². The van der Waals surface area contributed by atoms with E-state index in [0.29, 0.717) is 6.54 Å². The molecular weight excluding hydrogens is 479 g/mol. The lowest BCUT2D eigenvalue weighted by Gasteiger charge is -2.27. The molecule has 2 aromatic rings. The number of methoxy groups -OCH3 is 1. The van der Waals surface area contributed by atoms with Gasteiger partial charge in [-0.25, -0.2) is 4.99 Å². The summed E-state index contributed by atoms with van der Waals surface area (Å²) in [5.41, 5.74) is 3.30. The molecule has 29 heavy (non-hydrogen) atoms. The third-order valence-corrected chi connectivity index (χ3v) is 4.92. The van der Waals surface area contributed by atoms with Gasteiger partial charge >= 0.3 is 0 Å². The lowest BCUT2D eigenvalue weighted by atomic mass is 9.84. The Morgan fingerprint density at radius 2 is 1.79 bits per heavy atom. The van der Waals surface area contributed by atoms with E-state index in [0.717, 1.165) is 54.7 Å². The second-order valence-electron chi connectivity index (χ2n) is 7.40. The summed E-state index contributed by atoms with van der Waals surface area (Å²) in [5, 5.41) is 11.0. The van der Waals surface area contributed by atoms with Gasteiger partial charge in [0.2, 0.25) is 0 Å². The molecule has 1 aromatic carbocycles. The van der Waals surface area contributed by atoms with E-state index in [-0.39, 0.29) is 29.4 Å². The number of aromatic nitrogens is 1. The molecule has 162 valence electrons. The Balaban J connectivity index is 0.00000420. The molecule has 6 nitrogen and oxygen atoms in total. The van der Waals surface area contributed by atoms with Crippen LogP contribution < -0.4 is 15.4 Å². The SMILES string of the molecule is CCNC(=NCc1c(CC)noc1CC)NCC(C)(C)c1ccc(OC)cc1.I. The molecule has 0 fully saturated rings. The van der Waals surface area contributed by atoms with Gasteiger partial charge in [-0.1, -0.05) is 45.0 Å². The maximum atomic E-state index is 5.45. The number of rotatable bonds is 9. The van der Waals surface area contributed by atoms with Crippen LogP contribution in [0.5, 0.6) is 5.75 Å². The van der Waals surface area contributed by atoms with Crippen molar-refractivity contribution >= 4 is 29.9 Å². The van der Waals surface area contributed by atoms with Crippen molar-refractivity contribution in [3.63, 3.8) is 0 Å². The summed E-state index contributed by atoms with van der Waals surface area (Å²) in [7, 11) is 1.68. The minimum Gasteiger partial charge on any atom is -0.497 e. The van der Waals surface area contributed by atoms with E-state index in [4.69, 9.17) is 14.3 Å². The molecule has 2 rings (SSSR count). The predicted molar refractivity (Wildman–Crippen MR) is 130 cm³/mol. The zero-order valence-electron chi connectivity index (χ0n) is 18.5. The highest BCUT2D eigenvalue weighted by atomic mass is 127. The third kappa shape index (κ3) is 6.90. The van der Waals surface area contributed by atoms with Gasteiger partial charge in [-0.2, -0.15) is 0 Å². The molecule has 0 amide bonds. The van der Waals surface area contributed by atoms with Crippen molar-refractivity contribution in [2.75, 3.05) is 20.2 Å². The van der Waals surface area contributed by atoms with E-state index in [1.165, 1.54) is 5.56 Å². The van der Waals surface area contributed by atoms with E-state index in [1.54, 1.807) is 7.11 Å². The zero-order valence-corrected chi connectivity index (χ0v) is 20.8. The number of nitrogens with one attached hydrogen (secondary N) is 2. The first-order valence-corrected chi connectivity index (χ1v) is 10.1. The number of hydrogen-bond acceptors (Lipinski definition) is 4. The first-order chi connectivity index (χ1) is 13.4. The summed E-state index contributed by atoms with van der Waals surface area (Å²) in [4.78, 5) is 4.77. The fraction of sp³-hybridized carbons (Fsp3) is 0.545. The number of halogens is 1. The molecule has 0 aliphatic heterocycles. The van der Waals surface area contributed by atoms with Crippen LogP contribution in [0, 0.1) is 0 Å². The molecule has 0 saturated heterocycles. The van der Waals surface area contributed by atoms with Gasteiger partial charge in [0.25, 0.3) is 0 Å². The largest absolute Gasteiger partial charge is 0.497 e. The minimum absolute atomic E-state index is 0. The number of ether oxygens (including phenoxy) is 1. The number of nitrogens with zero attached hydrogens (tertiary/aromatic N) is 2. The van der Waals surface area contributed by atoms with Crippen LogP contribution in [0.3, 0.4) is 0 Å². The Kier molecular flexibility index (Phi) is 10.5. The van der Waals surface area contributed by atoms with Crippen molar-refractivity contribution in [2.24, 2.45) is 4.99 Å². The molecular formula is C22H35IN4O2. The highest BCUT2D eigenvalue weighted by Gasteiger charge is 2.21. The van der Waals surface area contributed by atoms with Gasteiger partial charge in [-0.15, -0.1) is 24.0 Å². The monoisotopic (exact) mass is 514 g/mol. The number of guanidine groups is 1. The van der Waals surface area contributed by atoms with Crippen molar-refractivity contribution in [3.05, 3.63) is 46.8 Å². The minimum atomic E-state index is -0.0528. The van der Waals surface area contributed by atoms with Crippen molar-refractivity contribution in [2.45, 2.75) is 59.4 Å². The Hall–Kier alpha value is -1.77. The molecule has 1 aromatic heterocycles. The van der Waals surface area contributed by atoms with E-state index < -0.39 is 0 Å². The van der Waals surface area contributed by atoms with Crippen LogP contribution >= 0.6 is 24.0 Å². The fourth-order valence-electron chi connectivity index (χ4n) is 3.07. The smallest absolute Gasteiger partial charge is 0.191 e. The van der Waals surface area contributed by atoms with Gasteiger partial charge in [-0.3, -0.25) is 0 Å². The van der Waals surface area contributed by atoms with Crippen molar-refractivity contribution in [1.82, 2.24) is 15.8 Å². The number of aryl methyl sites for hydroxylation is 2. The normalized spacial score (nSPS) is 11.7. The molecule has 0 unspecified atom stereocenters. The highest BCUT2D eigenvalue weighted by molar-refractivity contribution is 14.0. The summed E-state index contributed by atoms with van der Waals surface area (Å²) >= 11 is 0. The van der Waals surface area contributed by atoms with E-state index in [1.807, 2.05) is 12.1 Å². The summed E-state index contributed by atoms with van der Waals surface area (Å²) in [6.45, 7) is 12.8. The molecule has 0 saturated carbocycles. The lowest BCUT2D eigenvalue weighted by molar-refractivity contribution is 0.380. The Morgan fingerprint density at radius 3 is 2.34 bits per heavy atom. The standard InChI is InChI=1S/C22H34N4O2.HI/c1-7-19-18(20(8-2)28-26-19)14-24-21(23-9-3)25-15-22(4,5)16-10-12-17(27-6)13-11-16;/h10-13H,7-9,14-15H2,1-6H3,(H2,23,24,25);1H. The number of benzene rings is 1. The average Bonchev–Trinajstić information content (AvgIpc) is 3.12. The van der Waals surface area contributed by atoms with E-state index >= 15 is 0 Å². The summed E-state index contributed by atoms with van der Waals surface area (Å²) in [6.07, 6.45) is 1.68. The van der Waals surface area contributed by atoms with Gasteiger partial charge in [0.05, 0.1) is 19.3 Å². The first kappa shape index (κ1) is 25.3. The van der Waals surface area contributed by atoms with Crippen molar-refractivity contribution in [1.29, 1.82) is 0 Å². The molecule has 0 spiro atoms. The molecule has 0 aliphatic carbocycles. The number of hydrogen-bond donors (Lipinski definition) is 2. The van der Waals surface area contributed by atoms with Crippen LogP contribution in [0.4, 0.5) is 0 Å². The van der Waals surface area contributed by atoms with Gasteiger partial charge in [0, 0.05) is 30.5 Å². The maximum Gasteiger partial charge on any atom is 0.191 e. The quantitative estimate of drug-likeness (QED) is 0.294. The molecule has 0 aliphatic rings. The number of aliphatic imine (C=N–C) groups is 1. The van der Waals surface area contributed by atoms with Gasteiger partial charge in [0.15, 0.2) is 5.96 Å². The second-order valence-corrected chi connectivity index (χ2v) is 7.40. The average molecular weight is 514 g/mol. The maximum absolute atomic E-state index is 5.45. The summed E-state index contributed by atoms with van der Waals surface area (Å²) in [6, 6.07) is 8.23. The summed E-state index contributed by atoms with van der Waals surface area (Å²) in [5.74, 6) is 2.60. The first-order valence-electron chi connectivity index (χ1n) is 10.1. The molecule has 0 radical (unpaired) electrons. The predicted octanol–water partition coefficient (Wildman–Crippen LogP) is 4.46. The summed E-state index contributed by atoms with van der Waals surface area (Å²) < 4.78 is 10.7. The lowest BCUT2D eigenvalue weighted by Crippen LogP contribution is -2.43. The molecule has 2 N–H and O–H groups in total. The van der Waals surface area contributed by atoms with Crippen molar-refractivity contribution in [3.8, 4) is 5.75 Å². The molecule has 7 heteroatoms. The Bertz CT molecular complexity index is 748. The van der Waals surface area contributed by atoms with Crippen molar-refractivity contribution < 1.29 is 9.26 Å². The van der Waals surface area contributed by atoms with Gasteiger partial charge < -0.3 is 19.9 Å². The highest BCUT2D eigenvalue weighted by Crippen LogP contribution is 2.24. The third-order valence-electron chi connectivity index (χ3n) is 4.92.